The third-order valence-corrected chi connectivity index (χ3v) is 5.93. The first-order chi connectivity index (χ1) is 11.9. The molecule has 134 valence electrons. The first-order valence-electron chi connectivity index (χ1n) is 8.77. The number of hydrogen-bond acceptors (Lipinski definition) is 6. The van der Waals surface area contributed by atoms with Gasteiger partial charge in [-0.2, -0.15) is 5.10 Å². The highest BCUT2D eigenvalue weighted by Crippen LogP contribution is 2.43. The largest absolute Gasteiger partial charge is 0.481 e. The van der Waals surface area contributed by atoms with Gasteiger partial charge in [0.05, 0.1) is 17.0 Å². The molecule has 2 aromatic rings. The second kappa shape index (κ2) is 5.66. The second-order valence-electron chi connectivity index (χ2n) is 7.36. The number of fused-ring (bicyclic) bond motifs is 2. The standard InChI is InChI=1S/C17H24N6O2/c1-11-19-14-12(9-18-22(14)3)15(20-11)23-8-6-17(16(24)25)5-4-7-21(2)13(17)10-23/h9,13H,4-8,10H2,1-3H3,(H,24,25)/t13-,17+/m1/s1. The molecule has 8 heteroatoms. The van der Waals surface area contributed by atoms with E-state index >= 15 is 0 Å². The minimum Gasteiger partial charge on any atom is -0.481 e. The number of nitrogens with zero attached hydrogens (tertiary/aromatic N) is 6. The molecule has 2 aliphatic rings. The number of likely N-dealkylation sites (tertiary alicyclic amines) is 1. The van der Waals surface area contributed by atoms with E-state index < -0.39 is 11.4 Å². The van der Waals surface area contributed by atoms with E-state index in [4.69, 9.17) is 0 Å². The van der Waals surface area contributed by atoms with Gasteiger partial charge in [-0.15, -0.1) is 0 Å². The molecule has 0 radical (unpaired) electrons. The first kappa shape index (κ1) is 16.3. The topological polar surface area (TPSA) is 87.4 Å². The van der Waals surface area contributed by atoms with Gasteiger partial charge in [-0.05, 0) is 39.8 Å². The van der Waals surface area contributed by atoms with Crippen molar-refractivity contribution in [2.75, 3.05) is 31.6 Å². The second-order valence-corrected chi connectivity index (χ2v) is 7.36. The number of carboxylic acids is 1. The van der Waals surface area contributed by atoms with Crippen molar-refractivity contribution in [2.45, 2.75) is 32.2 Å². The van der Waals surface area contributed by atoms with Gasteiger partial charge in [-0.1, -0.05) is 0 Å². The molecular weight excluding hydrogens is 320 g/mol. The van der Waals surface area contributed by atoms with Gasteiger partial charge in [0.25, 0.3) is 0 Å². The summed E-state index contributed by atoms with van der Waals surface area (Å²) in [6, 6.07) is -0.00510. The van der Waals surface area contributed by atoms with Gasteiger partial charge in [0, 0.05) is 26.2 Å². The van der Waals surface area contributed by atoms with Crippen molar-refractivity contribution in [3.63, 3.8) is 0 Å². The van der Waals surface area contributed by atoms with E-state index in [9.17, 15) is 9.90 Å². The SMILES string of the molecule is Cc1nc(N2CC[C@@]3(C(=O)O)CCCN(C)[C@@H]3C2)c2cnn(C)c2n1. The number of likely N-dealkylation sites (N-methyl/N-ethyl adjacent to an activating group) is 1. The number of aliphatic carboxylic acids is 1. The smallest absolute Gasteiger partial charge is 0.311 e. The van der Waals surface area contributed by atoms with Crippen molar-refractivity contribution in [1.82, 2.24) is 24.6 Å². The molecule has 0 bridgehead atoms. The van der Waals surface area contributed by atoms with Gasteiger partial charge in [0.1, 0.15) is 11.6 Å². The van der Waals surface area contributed by atoms with Crippen LogP contribution in [-0.4, -0.2) is 68.4 Å². The third-order valence-electron chi connectivity index (χ3n) is 5.93. The summed E-state index contributed by atoms with van der Waals surface area (Å²) < 4.78 is 1.76. The van der Waals surface area contributed by atoms with Gasteiger partial charge >= 0.3 is 5.97 Å². The van der Waals surface area contributed by atoms with Gasteiger partial charge < -0.3 is 14.9 Å². The minimum absolute atomic E-state index is 0.00510. The van der Waals surface area contributed by atoms with E-state index in [1.54, 1.807) is 10.9 Å². The highest BCUT2D eigenvalue weighted by Gasteiger charge is 2.52. The van der Waals surface area contributed by atoms with Gasteiger partial charge in [0.15, 0.2) is 5.65 Å². The molecule has 2 atom stereocenters. The first-order valence-corrected chi connectivity index (χ1v) is 8.77. The lowest BCUT2D eigenvalue weighted by Gasteiger charge is -2.52. The molecule has 1 N–H and O–H groups in total. The highest BCUT2D eigenvalue weighted by molar-refractivity contribution is 5.87. The Morgan fingerprint density at radius 2 is 2.08 bits per heavy atom. The quantitative estimate of drug-likeness (QED) is 0.871. The molecule has 0 saturated carbocycles. The number of aryl methyl sites for hydroxylation is 2. The molecule has 2 aliphatic heterocycles. The summed E-state index contributed by atoms with van der Waals surface area (Å²) in [4.78, 5) is 25.7. The van der Waals surface area contributed by atoms with E-state index in [0.717, 1.165) is 36.2 Å². The maximum absolute atomic E-state index is 12.1. The zero-order valence-corrected chi connectivity index (χ0v) is 14.9. The third kappa shape index (κ3) is 2.38. The molecule has 8 nitrogen and oxygen atoms in total. The lowest BCUT2D eigenvalue weighted by Crippen LogP contribution is -2.63. The monoisotopic (exact) mass is 344 g/mol. The number of aromatic nitrogens is 4. The van der Waals surface area contributed by atoms with Crippen LogP contribution in [0.4, 0.5) is 5.82 Å². The van der Waals surface area contributed by atoms with E-state index in [0.29, 0.717) is 25.3 Å². The van der Waals surface area contributed by atoms with E-state index in [-0.39, 0.29) is 6.04 Å². The maximum Gasteiger partial charge on any atom is 0.311 e. The van der Waals surface area contributed by atoms with Crippen LogP contribution in [0.2, 0.25) is 0 Å². The Morgan fingerprint density at radius 1 is 1.28 bits per heavy atom. The molecular formula is C17H24N6O2. The Kier molecular flexibility index (Phi) is 3.68. The van der Waals surface area contributed by atoms with E-state index in [1.807, 2.05) is 21.0 Å². The average Bonchev–Trinajstić information content (AvgIpc) is 2.95. The van der Waals surface area contributed by atoms with Crippen LogP contribution in [0.15, 0.2) is 6.20 Å². The molecule has 0 unspecified atom stereocenters. The Labute approximate surface area is 146 Å². The minimum atomic E-state index is -0.658. The molecule has 4 heterocycles. The maximum atomic E-state index is 12.1. The Bertz CT molecular complexity index is 834. The number of piperidine rings is 2. The fourth-order valence-electron chi connectivity index (χ4n) is 4.53. The lowest BCUT2D eigenvalue weighted by molar-refractivity contribution is -0.158. The molecule has 0 aromatic carbocycles. The fourth-order valence-corrected chi connectivity index (χ4v) is 4.53. The molecule has 2 saturated heterocycles. The van der Waals surface area contributed by atoms with Crippen molar-refractivity contribution >= 4 is 22.8 Å². The summed E-state index contributed by atoms with van der Waals surface area (Å²) in [5.74, 6) is 0.917. The summed E-state index contributed by atoms with van der Waals surface area (Å²) in [7, 11) is 3.91. The molecule has 2 fully saturated rings. The van der Waals surface area contributed by atoms with Crippen LogP contribution >= 0.6 is 0 Å². The number of carboxylic acid groups (broad SMARTS) is 1. The van der Waals surface area contributed by atoms with Gasteiger partial charge in [-0.25, -0.2) is 9.97 Å². The van der Waals surface area contributed by atoms with Crippen LogP contribution in [0.25, 0.3) is 11.0 Å². The summed E-state index contributed by atoms with van der Waals surface area (Å²) >= 11 is 0. The molecule has 0 amide bonds. The normalized spacial score (nSPS) is 27.5. The Morgan fingerprint density at radius 3 is 2.84 bits per heavy atom. The zero-order valence-electron chi connectivity index (χ0n) is 14.9. The van der Waals surface area contributed by atoms with Gasteiger partial charge in [0.2, 0.25) is 0 Å². The molecule has 0 spiro atoms. The van der Waals surface area contributed by atoms with Crippen LogP contribution in [0.5, 0.6) is 0 Å². The van der Waals surface area contributed by atoms with Crippen molar-refractivity contribution in [1.29, 1.82) is 0 Å². The van der Waals surface area contributed by atoms with Crippen molar-refractivity contribution < 1.29 is 9.90 Å². The molecule has 0 aliphatic carbocycles. The zero-order chi connectivity index (χ0) is 17.8. The predicted molar refractivity (Wildman–Crippen MR) is 93.6 cm³/mol. The summed E-state index contributed by atoms with van der Waals surface area (Å²) in [5, 5.41) is 15.2. The predicted octanol–water partition coefficient (Wildman–Crippen LogP) is 1.05. The summed E-state index contributed by atoms with van der Waals surface area (Å²) in [6.45, 7) is 4.19. The van der Waals surface area contributed by atoms with Crippen LogP contribution in [0, 0.1) is 12.3 Å². The van der Waals surface area contributed by atoms with Crippen LogP contribution in [-0.2, 0) is 11.8 Å². The van der Waals surface area contributed by atoms with Crippen molar-refractivity contribution in [3.8, 4) is 0 Å². The summed E-state index contributed by atoms with van der Waals surface area (Å²) in [5.41, 5.74) is 0.175. The van der Waals surface area contributed by atoms with Crippen molar-refractivity contribution in [3.05, 3.63) is 12.0 Å². The number of hydrogen-bond donors (Lipinski definition) is 1. The van der Waals surface area contributed by atoms with E-state index in [2.05, 4.69) is 24.9 Å². The molecule has 2 aromatic heterocycles. The van der Waals surface area contributed by atoms with Gasteiger partial charge in [-0.3, -0.25) is 9.48 Å². The van der Waals surface area contributed by atoms with Crippen LogP contribution in [0.1, 0.15) is 25.1 Å². The number of carbonyl (C=O) groups is 1. The fraction of sp³-hybridized carbons (Fsp3) is 0.647. The highest BCUT2D eigenvalue weighted by atomic mass is 16.4. The van der Waals surface area contributed by atoms with Crippen LogP contribution in [0.3, 0.4) is 0 Å². The molecule has 4 rings (SSSR count). The van der Waals surface area contributed by atoms with Crippen molar-refractivity contribution in [2.24, 2.45) is 12.5 Å². The number of rotatable bonds is 2. The molecule has 25 heavy (non-hydrogen) atoms. The number of anilines is 1. The average molecular weight is 344 g/mol. The summed E-state index contributed by atoms with van der Waals surface area (Å²) in [6.07, 6.45) is 4.14. The lowest BCUT2D eigenvalue weighted by atomic mass is 9.68. The Hall–Kier alpha value is -2.22. The van der Waals surface area contributed by atoms with E-state index in [1.165, 1.54) is 0 Å². The Balaban J connectivity index is 1.74. The van der Waals surface area contributed by atoms with Crippen LogP contribution < -0.4 is 4.90 Å².